The van der Waals surface area contributed by atoms with Crippen LogP contribution in [0.5, 0.6) is 0 Å². The van der Waals surface area contributed by atoms with Gasteiger partial charge in [-0.1, -0.05) is 392 Å². The number of carbonyl (C=O) groups is 1. The van der Waals surface area contributed by atoms with Crippen LogP contribution in [0, 0.1) is 0 Å². The number of amides is 1. The fourth-order valence-electron chi connectivity index (χ4n) is 13.4. The van der Waals surface area contributed by atoms with Crippen LogP contribution in [0.4, 0.5) is 0 Å². The second-order valence-corrected chi connectivity index (χ2v) is 28.5. The summed E-state index contributed by atoms with van der Waals surface area (Å²) in [5.74, 6) is -0.687. The molecule has 0 aromatic rings. The third-order valence-corrected chi connectivity index (χ3v) is 19.8. The highest BCUT2D eigenvalue weighted by Crippen LogP contribution is 2.25. The van der Waals surface area contributed by atoms with Crippen LogP contribution in [0.1, 0.15) is 418 Å². The van der Waals surface area contributed by atoms with Gasteiger partial charge < -0.3 is 50.5 Å². The number of aliphatic hydroxyl groups is 7. The molecule has 1 saturated heterocycles. The molecule has 90 heavy (non-hydrogen) atoms. The Bertz CT molecular complexity index is 1470. The second kappa shape index (κ2) is 67.8. The van der Waals surface area contributed by atoms with Gasteiger partial charge in [-0.25, -0.2) is 0 Å². The van der Waals surface area contributed by atoms with E-state index in [1.807, 2.05) is 0 Å². The fraction of sp³-hybridized carbons (Fsp3) is 0.962. The molecule has 1 aliphatic heterocycles. The van der Waals surface area contributed by atoms with Crippen LogP contribution in [0.15, 0.2) is 12.2 Å². The first-order chi connectivity index (χ1) is 44.2. The molecule has 1 aliphatic rings. The maximum absolute atomic E-state index is 13.3. The predicted molar refractivity (Wildman–Crippen MR) is 381 cm³/mol. The zero-order valence-corrected chi connectivity index (χ0v) is 59.7. The molecule has 11 nitrogen and oxygen atoms in total. The van der Waals surface area contributed by atoms with Gasteiger partial charge in [-0.05, 0) is 38.5 Å². The van der Waals surface area contributed by atoms with Crippen molar-refractivity contribution in [3.63, 3.8) is 0 Å². The highest BCUT2D eigenvalue weighted by atomic mass is 16.7. The molecular weight excluding hydrogens is 1120 g/mol. The number of allylic oxidation sites excluding steroid dienone is 2. The Morgan fingerprint density at radius 3 is 0.933 bits per heavy atom. The van der Waals surface area contributed by atoms with E-state index in [1.165, 1.54) is 340 Å². The predicted octanol–water partition coefficient (Wildman–Crippen LogP) is 20.5. The smallest absolute Gasteiger partial charge is 0.249 e. The average molecular weight is 1280 g/mol. The molecule has 0 bridgehead atoms. The van der Waals surface area contributed by atoms with Crippen molar-refractivity contribution in [2.75, 3.05) is 13.2 Å². The number of carbonyl (C=O) groups excluding carboxylic acids is 1. The molecule has 0 saturated carbocycles. The summed E-state index contributed by atoms with van der Waals surface area (Å²) in [6.07, 6.45) is 74.7. The third kappa shape index (κ3) is 54.0. The van der Waals surface area contributed by atoms with E-state index < -0.39 is 74.2 Å². The van der Waals surface area contributed by atoms with E-state index >= 15 is 0 Å². The molecule has 0 spiro atoms. The van der Waals surface area contributed by atoms with E-state index in [4.69, 9.17) is 9.47 Å². The monoisotopic (exact) mass is 1280 g/mol. The lowest BCUT2D eigenvalue weighted by molar-refractivity contribution is -0.303. The van der Waals surface area contributed by atoms with Gasteiger partial charge in [0, 0.05) is 0 Å². The maximum Gasteiger partial charge on any atom is 0.249 e. The van der Waals surface area contributed by atoms with Gasteiger partial charge in [0.2, 0.25) is 5.91 Å². The van der Waals surface area contributed by atoms with Crippen molar-refractivity contribution in [1.29, 1.82) is 0 Å². The molecule has 9 atom stereocenters. The van der Waals surface area contributed by atoms with Crippen LogP contribution in [0.25, 0.3) is 0 Å². The highest BCUT2D eigenvalue weighted by Gasteiger charge is 2.44. The van der Waals surface area contributed by atoms with Crippen LogP contribution in [0.3, 0.4) is 0 Å². The summed E-state index contributed by atoms with van der Waals surface area (Å²) in [5, 5.41) is 76.8. The fourth-order valence-corrected chi connectivity index (χ4v) is 13.4. The zero-order chi connectivity index (χ0) is 65.3. The number of ether oxygens (including phenoxy) is 2. The van der Waals surface area contributed by atoms with E-state index in [-0.39, 0.29) is 6.42 Å². The van der Waals surface area contributed by atoms with Crippen molar-refractivity contribution in [2.45, 2.75) is 473 Å². The van der Waals surface area contributed by atoms with Gasteiger partial charge in [0.05, 0.1) is 25.4 Å². The quantitative estimate of drug-likeness (QED) is 0.0215. The molecule has 0 aromatic heterocycles. The van der Waals surface area contributed by atoms with Crippen LogP contribution in [-0.4, -0.2) is 110 Å². The van der Waals surface area contributed by atoms with Crippen molar-refractivity contribution in [1.82, 2.24) is 5.32 Å². The molecule has 1 rings (SSSR count). The maximum atomic E-state index is 13.3. The topological polar surface area (TPSA) is 189 Å². The Labute approximate surface area is 557 Å². The van der Waals surface area contributed by atoms with Gasteiger partial charge in [-0.2, -0.15) is 0 Å². The summed E-state index contributed by atoms with van der Waals surface area (Å²) in [5.41, 5.74) is 0. The Morgan fingerprint density at radius 1 is 0.378 bits per heavy atom. The van der Waals surface area contributed by atoms with Crippen molar-refractivity contribution >= 4 is 5.91 Å². The Balaban J connectivity index is 2.13. The average Bonchev–Trinajstić information content (AvgIpc) is 1.35. The van der Waals surface area contributed by atoms with E-state index in [1.54, 1.807) is 0 Å². The molecule has 9 unspecified atom stereocenters. The summed E-state index contributed by atoms with van der Waals surface area (Å²) in [6, 6.07) is -1.17. The molecule has 1 heterocycles. The summed E-state index contributed by atoms with van der Waals surface area (Å²) >= 11 is 0. The molecule has 1 fully saturated rings. The molecule has 0 aliphatic carbocycles. The largest absolute Gasteiger partial charge is 0.394 e. The van der Waals surface area contributed by atoms with Crippen molar-refractivity contribution < 1.29 is 50.0 Å². The lowest BCUT2D eigenvalue weighted by Crippen LogP contribution is -2.60. The Hall–Kier alpha value is -1.15. The molecule has 1 amide bonds. The third-order valence-electron chi connectivity index (χ3n) is 19.8. The number of aliphatic hydroxyl groups excluding tert-OH is 7. The van der Waals surface area contributed by atoms with Crippen LogP contribution in [-0.2, 0) is 14.3 Å². The van der Waals surface area contributed by atoms with Crippen molar-refractivity contribution in [2.24, 2.45) is 0 Å². The lowest BCUT2D eigenvalue weighted by atomic mass is 9.98. The van der Waals surface area contributed by atoms with Crippen molar-refractivity contribution in [3.8, 4) is 0 Å². The van der Waals surface area contributed by atoms with Crippen LogP contribution < -0.4 is 5.32 Å². The van der Waals surface area contributed by atoms with Gasteiger partial charge >= 0.3 is 0 Å². The van der Waals surface area contributed by atoms with Crippen LogP contribution >= 0.6 is 0 Å². The molecular formula is C79H155NO10. The summed E-state index contributed by atoms with van der Waals surface area (Å²) in [4.78, 5) is 13.3. The number of rotatable bonds is 72. The first kappa shape index (κ1) is 86.9. The normalized spacial score (nSPS) is 18.4. The number of hydrogen-bond donors (Lipinski definition) is 8. The summed E-state index contributed by atoms with van der Waals surface area (Å²) in [7, 11) is 0. The SMILES string of the molecule is CCCCCCCCCCCCCC/C=C\CCCCCCCCCCCCCCCCCCC(O)C(=O)NC(COC1OC(CO)C(O)C(O)C1O)C(O)C(O)CCCCCCCCCCCCCCCCCCCCCCCCCCCCCCCCC. The minimum absolute atomic E-state index is 0.265. The Kier molecular flexibility index (Phi) is 65.5. The summed E-state index contributed by atoms with van der Waals surface area (Å²) < 4.78 is 11.2. The molecule has 0 radical (unpaired) electrons. The van der Waals surface area contributed by atoms with Crippen LogP contribution in [0.2, 0.25) is 0 Å². The highest BCUT2D eigenvalue weighted by molar-refractivity contribution is 5.80. The first-order valence-electron chi connectivity index (χ1n) is 40.1. The number of nitrogens with one attached hydrogen (secondary N) is 1. The number of unbranched alkanes of at least 4 members (excludes halogenated alkanes) is 58. The molecule has 536 valence electrons. The van der Waals surface area contributed by atoms with Gasteiger partial charge in [0.15, 0.2) is 6.29 Å². The van der Waals surface area contributed by atoms with E-state index in [0.29, 0.717) is 19.3 Å². The first-order valence-corrected chi connectivity index (χ1v) is 40.1. The molecule has 8 N–H and O–H groups in total. The summed E-state index contributed by atoms with van der Waals surface area (Å²) in [6.45, 7) is 3.54. The molecule has 0 aromatic carbocycles. The number of hydrogen-bond acceptors (Lipinski definition) is 10. The zero-order valence-electron chi connectivity index (χ0n) is 59.7. The van der Waals surface area contributed by atoms with Gasteiger partial charge in [0.25, 0.3) is 0 Å². The Morgan fingerprint density at radius 2 is 0.644 bits per heavy atom. The van der Waals surface area contributed by atoms with Gasteiger partial charge in [0.1, 0.15) is 36.6 Å². The van der Waals surface area contributed by atoms with E-state index in [2.05, 4.69) is 31.3 Å². The molecule has 11 heteroatoms. The second-order valence-electron chi connectivity index (χ2n) is 28.5. The minimum Gasteiger partial charge on any atom is -0.394 e. The van der Waals surface area contributed by atoms with Gasteiger partial charge in [-0.3, -0.25) is 4.79 Å². The van der Waals surface area contributed by atoms with Gasteiger partial charge in [-0.15, -0.1) is 0 Å². The van der Waals surface area contributed by atoms with E-state index in [0.717, 1.165) is 38.5 Å². The standard InChI is InChI=1S/C79H155NO10/c1-3-5-7-9-11-13-15-17-19-21-23-25-27-29-31-33-35-37-39-41-43-45-47-49-51-53-55-57-59-61-63-65-67-72(83)78(88)80-70(69-89-79-77(87)76(86)75(85)73(68-81)90-79)74(84)71(82)66-64-62-60-58-56-54-52-50-48-46-44-42-40-38-36-34-32-30-28-26-24-22-20-18-16-14-12-10-8-6-4-2/h29,31,70-77,79,81-87H,3-28,30,32-69H2,1-2H3,(H,80,88)/b31-29-. The van der Waals surface area contributed by atoms with Crippen molar-refractivity contribution in [3.05, 3.63) is 12.2 Å². The lowest BCUT2D eigenvalue weighted by Gasteiger charge is -2.40. The minimum atomic E-state index is -1.66. The van der Waals surface area contributed by atoms with E-state index in [9.17, 15) is 40.5 Å².